The minimum Gasteiger partial charge on any atom is -0.314 e. The van der Waals surface area contributed by atoms with Crippen LogP contribution in [-0.2, 0) is 0 Å². The Morgan fingerprint density at radius 2 is 1.67 bits per heavy atom. The lowest BCUT2D eigenvalue weighted by Crippen LogP contribution is -2.36. The van der Waals surface area contributed by atoms with Crippen LogP contribution in [0.4, 0.5) is 0 Å². The first-order chi connectivity index (χ1) is 7.04. The standard InChI is InChI=1S/C14H27N/c1-14(2,3)9-8-11-4-5-12(11)10-15-13-6-7-13/h11-13,15H,4-10H2,1-3H3. The van der Waals surface area contributed by atoms with Gasteiger partial charge in [0, 0.05) is 6.04 Å². The summed E-state index contributed by atoms with van der Waals surface area (Å²) in [5.74, 6) is 2.04. The Morgan fingerprint density at radius 3 is 2.13 bits per heavy atom. The highest BCUT2D eigenvalue weighted by molar-refractivity contribution is 4.87. The van der Waals surface area contributed by atoms with Crippen LogP contribution >= 0.6 is 0 Å². The molecule has 2 aliphatic carbocycles. The summed E-state index contributed by atoms with van der Waals surface area (Å²) in [6.07, 6.45) is 8.69. The van der Waals surface area contributed by atoms with Gasteiger partial charge in [-0.15, -0.1) is 0 Å². The first-order valence-electron chi connectivity index (χ1n) is 6.78. The molecule has 2 unspecified atom stereocenters. The minimum atomic E-state index is 0.532. The Labute approximate surface area is 95.0 Å². The van der Waals surface area contributed by atoms with Crippen molar-refractivity contribution in [2.24, 2.45) is 17.3 Å². The highest BCUT2D eigenvalue weighted by Crippen LogP contribution is 2.39. The van der Waals surface area contributed by atoms with Crippen LogP contribution in [0, 0.1) is 17.3 Å². The molecular weight excluding hydrogens is 182 g/mol. The summed E-state index contributed by atoms with van der Waals surface area (Å²) < 4.78 is 0. The summed E-state index contributed by atoms with van der Waals surface area (Å²) in [4.78, 5) is 0. The summed E-state index contributed by atoms with van der Waals surface area (Å²) in [5.41, 5.74) is 0.532. The van der Waals surface area contributed by atoms with Crippen molar-refractivity contribution in [1.82, 2.24) is 5.32 Å². The van der Waals surface area contributed by atoms with Crippen molar-refractivity contribution < 1.29 is 0 Å². The third-order valence-corrected chi connectivity index (χ3v) is 4.09. The zero-order chi connectivity index (χ0) is 10.9. The number of rotatable bonds is 5. The molecule has 1 nitrogen and oxygen atoms in total. The maximum absolute atomic E-state index is 3.69. The van der Waals surface area contributed by atoms with Crippen LogP contribution in [0.3, 0.4) is 0 Å². The van der Waals surface area contributed by atoms with Crippen LogP contribution in [0.5, 0.6) is 0 Å². The van der Waals surface area contributed by atoms with Crippen molar-refractivity contribution in [2.45, 2.75) is 65.3 Å². The van der Waals surface area contributed by atoms with E-state index in [0.29, 0.717) is 5.41 Å². The molecule has 0 aliphatic heterocycles. The van der Waals surface area contributed by atoms with E-state index in [1.807, 2.05) is 0 Å². The van der Waals surface area contributed by atoms with Crippen molar-refractivity contribution in [1.29, 1.82) is 0 Å². The van der Waals surface area contributed by atoms with Gasteiger partial charge in [0.15, 0.2) is 0 Å². The number of nitrogens with one attached hydrogen (secondary N) is 1. The van der Waals surface area contributed by atoms with Gasteiger partial charge in [0.25, 0.3) is 0 Å². The molecule has 0 aromatic heterocycles. The molecule has 2 fully saturated rings. The minimum absolute atomic E-state index is 0.532. The van der Waals surface area contributed by atoms with Gasteiger partial charge in [-0.05, 0) is 62.3 Å². The first-order valence-corrected chi connectivity index (χ1v) is 6.78. The predicted molar refractivity (Wildman–Crippen MR) is 65.9 cm³/mol. The van der Waals surface area contributed by atoms with Gasteiger partial charge in [-0.25, -0.2) is 0 Å². The summed E-state index contributed by atoms with van der Waals surface area (Å²) in [7, 11) is 0. The predicted octanol–water partition coefficient (Wildman–Crippen LogP) is 3.59. The average molecular weight is 209 g/mol. The van der Waals surface area contributed by atoms with Gasteiger partial charge in [0.05, 0.1) is 0 Å². The Balaban J connectivity index is 1.60. The van der Waals surface area contributed by atoms with Gasteiger partial charge in [0.1, 0.15) is 0 Å². The second-order valence-electron chi connectivity index (χ2n) is 6.88. The normalized spacial score (nSPS) is 31.4. The van der Waals surface area contributed by atoms with E-state index in [1.54, 1.807) is 0 Å². The molecule has 2 aliphatic rings. The van der Waals surface area contributed by atoms with Gasteiger partial charge < -0.3 is 5.32 Å². The largest absolute Gasteiger partial charge is 0.314 e. The quantitative estimate of drug-likeness (QED) is 0.729. The van der Waals surface area contributed by atoms with E-state index < -0.39 is 0 Å². The Kier molecular flexibility index (Phi) is 3.39. The zero-order valence-corrected chi connectivity index (χ0v) is 10.7. The van der Waals surface area contributed by atoms with Crippen LogP contribution in [0.25, 0.3) is 0 Å². The first kappa shape index (κ1) is 11.4. The second kappa shape index (κ2) is 4.45. The van der Waals surface area contributed by atoms with Crippen LogP contribution in [0.1, 0.15) is 59.3 Å². The van der Waals surface area contributed by atoms with Gasteiger partial charge in [0.2, 0.25) is 0 Å². The van der Waals surface area contributed by atoms with Crippen molar-refractivity contribution in [3.8, 4) is 0 Å². The molecule has 0 amide bonds. The fourth-order valence-electron chi connectivity index (χ4n) is 2.51. The lowest BCUT2D eigenvalue weighted by atomic mass is 9.69. The van der Waals surface area contributed by atoms with Crippen LogP contribution in [0.15, 0.2) is 0 Å². The van der Waals surface area contributed by atoms with E-state index in [9.17, 15) is 0 Å². The highest BCUT2D eigenvalue weighted by Gasteiger charge is 2.32. The maximum atomic E-state index is 3.69. The molecule has 1 heteroatoms. The molecule has 15 heavy (non-hydrogen) atoms. The molecule has 1 N–H and O–H groups in total. The molecule has 0 bridgehead atoms. The lowest BCUT2D eigenvalue weighted by Gasteiger charge is -2.38. The van der Waals surface area contributed by atoms with Gasteiger partial charge >= 0.3 is 0 Å². The summed E-state index contributed by atoms with van der Waals surface area (Å²) in [5, 5.41) is 3.69. The van der Waals surface area contributed by atoms with E-state index in [-0.39, 0.29) is 0 Å². The van der Waals surface area contributed by atoms with E-state index in [2.05, 4.69) is 26.1 Å². The highest BCUT2D eigenvalue weighted by atomic mass is 14.9. The van der Waals surface area contributed by atoms with Crippen molar-refractivity contribution in [3.63, 3.8) is 0 Å². The molecule has 88 valence electrons. The topological polar surface area (TPSA) is 12.0 Å². The van der Waals surface area contributed by atoms with Crippen molar-refractivity contribution in [3.05, 3.63) is 0 Å². The van der Waals surface area contributed by atoms with Gasteiger partial charge in [-0.3, -0.25) is 0 Å². The van der Waals surface area contributed by atoms with E-state index in [1.165, 1.54) is 45.1 Å². The molecule has 0 aromatic rings. The Hall–Kier alpha value is -0.0400. The van der Waals surface area contributed by atoms with E-state index in [0.717, 1.165) is 17.9 Å². The zero-order valence-electron chi connectivity index (χ0n) is 10.7. The Bertz CT molecular complexity index is 200. The molecule has 2 saturated carbocycles. The molecule has 0 spiro atoms. The number of hydrogen-bond acceptors (Lipinski definition) is 1. The number of hydrogen-bond donors (Lipinski definition) is 1. The van der Waals surface area contributed by atoms with Crippen LogP contribution in [0.2, 0.25) is 0 Å². The van der Waals surface area contributed by atoms with Crippen molar-refractivity contribution >= 4 is 0 Å². The molecule has 2 atom stereocenters. The molecule has 0 heterocycles. The summed E-state index contributed by atoms with van der Waals surface area (Å²) >= 11 is 0. The maximum Gasteiger partial charge on any atom is 0.00683 e. The fraction of sp³-hybridized carbons (Fsp3) is 1.00. The third kappa shape index (κ3) is 3.79. The monoisotopic (exact) mass is 209 g/mol. The third-order valence-electron chi connectivity index (χ3n) is 4.09. The average Bonchev–Trinajstić information content (AvgIpc) is 2.84. The van der Waals surface area contributed by atoms with Crippen LogP contribution in [-0.4, -0.2) is 12.6 Å². The molecule has 0 radical (unpaired) electrons. The smallest absolute Gasteiger partial charge is 0.00683 e. The fourth-order valence-corrected chi connectivity index (χ4v) is 2.51. The molecule has 0 saturated heterocycles. The van der Waals surface area contributed by atoms with Gasteiger partial charge in [-0.1, -0.05) is 20.8 Å². The SMILES string of the molecule is CC(C)(C)CCC1CCC1CNC1CC1. The summed E-state index contributed by atoms with van der Waals surface area (Å²) in [6, 6.07) is 0.897. The molecule has 2 rings (SSSR count). The van der Waals surface area contributed by atoms with Crippen LogP contribution < -0.4 is 5.32 Å². The molecular formula is C14H27N. The van der Waals surface area contributed by atoms with Gasteiger partial charge in [-0.2, -0.15) is 0 Å². The van der Waals surface area contributed by atoms with E-state index in [4.69, 9.17) is 0 Å². The van der Waals surface area contributed by atoms with Crippen molar-refractivity contribution in [2.75, 3.05) is 6.54 Å². The Morgan fingerprint density at radius 1 is 1.00 bits per heavy atom. The lowest BCUT2D eigenvalue weighted by molar-refractivity contribution is 0.141. The molecule has 0 aromatic carbocycles. The summed E-state index contributed by atoms with van der Waals surface area (Å²) in [6.45, 7) is 8.40. The second-order valence-corrected chi connectivity index (χ2v) is 6.88. The van der Waals surface area contributed by atoms with E-state index >= 15 is 0 Å².